The molecule has 3 atom stereocenters. The summed E-state index contributed by atoms with van der Waals surface area (Å²) in [4.78, 5) is 26.7. The monoisotopic (exact) mass is 261 g/mol. The van der Waals surface area contributed by atoms with Crippen molar-refractivity contribution in [1.29, 1.82) is 0 Å². The van der Waals surface area contributed by atoms with Crippen molar-refractivity contribution in [3.05, 3.63) is 23.9 Å². The summed E-state index contributed by atoms with van der Waals surface area (Å²) in [6.45, 7) is 2.99. The molecule has 3 aliphatic rings. The first-order valence-corrected chi connectivity index (χ1v) is 7.07. The standard InChI is InChI=1S/C15H19NO3/c1-2-19-15(18)12-9-16-8-4-6-10-5-3-7-11(12)14(17)13(10)16/h3,5,9-11,13H,2,4,6-8H2,1H3/t10-,11+,13+/m1/s1. The average molecular weight is 261 g/mol. The van der Waals surface area contributed by atoms with Crippen molar-refractivity contribution >= 4 is 11.8 Å². The Kier molecular flexibility index (Phi) is 3.17. The zero-order valence-electron chi connectivity index (χ0n) is 11.2. The van der Waals surface area contributed by atoms with Gasteiger partial charge in [-0.1, -0.05) is 12.2 Å². The highest BCUT2D eigenvalue weighted by atomic mass is 16.5. The van der Waals surface area contributed by atoms with Gasteiger partial charge in [0, 0.05) is 18.7 Å². The third-order valence-corrected chi connectivity index (χ3v) is 4.30. The molecule has 4 nitrogen and oxygen atoms in total. The number of fused-ring (bicyclic) bond motifs is 1. The molecule has 19 heavy (non-hydrogen) atoms. The van der Waals surface area contributed by atoms with Gasteiger partial charge in [0.2, 0.25) is 0 Å². The number of ketones is 1. The number of allylic oxidation sites excluding steroid dienone is 1. The summed E-state index contributed by atoms with van der Waals surface area (Å²) in [5.74, 6) is -0.136. The largest absolute Gasteiger partial charge is 0.463 e. The van der Waals surface area contributed by atoms with Crippen molar-refractivity contribution in [2.45, 2.75) is 32.2 Å². The summed E-state index contributed by atoms with van der Waals surface area (Å²) in [7, 11) is 0. The van der Waals surface area contributed by atoms with Gasteiger partial charge in [-0.2, -0.15) is 0 Å². The van der Waals surface area contributed by atoms with Crippen molar-refractivity contribution < 1.29 is 14.3 Å². The number of ether oxygens (including phenoxy) is 1. The van der Waals surface area contributed by atoms with E-state index in [-0.39, 0.29) is 23.7 Å². The number of hydrogen-bond acceptors (Lipinski definition) is 4. The molecule has 0 saturated carbocycles. The minimum absolute atomic E-state index is 0.0596. The molecular formula is C15H19NO3. The summed E-state index contributed by atoms with van der Waals surface area (Å²) in [6, 6.07) is -0.0596. The fourth-order valence-corrected chi connectivity index (χ4v) is 3.44. The predicted molar refractivity (Wildman–Crippen MR) is 70.2 cm³/mol. The van der Waals surface area contributed by atoms with E-state index in [2.05, 4.69) is 17.1 Å². The lowest BCUT2D eigenvalue weighted by atomic mass is 9.79. The van der Waals surface area contributed by atoms with Crippen LogP contribution in [0.1, 0.15) is 26.2 Å². The van der Waals surface area contributed by atoms with Crippen LogP contribution in [0.2, 0.25) is 0 Å². The SMILES string of the molecule is CCOC(=O)C1=CN2CCC[C@H]3C=CC[C@@H]1C(=O)[C@H]32. The van der Waals surface area contributed by atoms with Crippen LogP contribution in [-0.4, -0.2) is 35.8 Å². The second-order valence-corrected chi connectivity index (χ2v) is 5.41. The molecule has 4 heteroatoms. The van der Waals surface area contributed by atoms with Crippen LogP contribution in [0, 0.1) is 11.8 Å². The topological polar surface area (TPSA) is 46.6 Å². The fourth-order valence-electron chi connectivity index (χ4n) is 3.44. The van der Waals surface area contributed by atoms with E-state index in [9.17, 15) is 9.59 Å². The molecule has 102 valence electrons. The first-order valence-electron chi connectivity index (χ1n) is 7.07. The molecule has 1 aliphatic carbocycles. The van der Waals surface area contributed by atoms with Crippen LogP contribution in [-0.2, 0) is 14.3 Å². The summed E-state index contributed by atoms with van der Waals surface area (Å²) in [6.07, 6.45) is 8.87. The van der Waals surface area contributed by atoms with Gasteiger partial charge in [0.15, 0.2) is 5.78 Å². The Labute approximate surface area is 113 Å². The molecule has 3 rings (SSSR count). The molecule has 0 N–H and O–H groups in total. The molecule has 0 radical (unpaired) electrons. The van der Waals surface area contributed by atoms with Crippen molar-refractivity contribution in [2.24, 2.45) is 11.8 Å². The van der Waals surface area contributed by atoms with E-state index in [0.29, 0.717) is 24.5 Å². The maximum atomic E-state index is 12.6. The predicted octanol–water partition coefficient (Wildman–Crippen LogP) is 1.67. The highest BCUT2D eigenvalue weighted by Gasteiger charge is 2.45. The number of esters is 1. The Balaban J connectivity index is 1.99. The van der Waals surface area contributed by atoms with E-state index in [1.165, 1.54) is 0 Å². The first-order chi connectivity index (χ1) is 9.22. The van der Waals surface area contributed by atoms with Crippen LogP contribution < -0.4 is 0 Å². The second kappa shape index (κ2) is 4.83. The van der Waals surface area contributed by atoms with Crippen LogP contribution in [0.15, 0.2) is 23.9 Å². The van der Waals surface area contributed by atoms with Gasteiger partial charge in [-0.15, -0.1) is 0 Å². The zero-order chi connectivity index (χ0) is 13.4. The smallest absolute Gasteiger partial charge is 0.336 e. The first kappa shape index (κ1) is 12.5. The van der Waals surface area contributed by atoms with Gasteiger partial charge in [0.05, 0.1) is 24.1 Å². The number of carbonyl (C=O) groups excluding carboxylic acids is 2. The van der Waals surface area contributed by atoms with Gasteiger partial charge in [-0.3, -0.25) is 4.79 Å². The maximum absolute atomic E-state index is 12.6. The number of carbonyl (C=O) groups is 2. The van der Waals surface area contributed by atoms with E-state index in [1.807, 2.05) is 6.20 Å². The summed E-state index contributed by atoms with van der Waals surface area (Å²) < 4.78 is 5.09. The Morgan fingerprint density at radius 1 is 1.53 bits per heavy atom. The summed E-state index contributed by atoms with van der Waals surface area (Å²) >= 11 is 0. The molecule has 2 aliphatic heterocycles. The van der Waals surface area contributed by atoms with Crippen molar-refractivity contribution in [2.75, 3.05) is 13.2 Å². The highest BCUT2D eigenvalue weighted by molar-refractivity contribution is 6.01. The van der Waals surface area contributed by atoms with E-state index >= 15 is 0 Å². The summed E-state index contributed by atoms with van der Waals surface area (Å²) in [5, 5.41) is 0. The fraction of sp³-hybridized carbons (Fsp3) is 0.600. The van der Waals surface area contributed by atoms with E-state index < -0.39 is 0 Å². The lowest BCUT2D eigenvalue weighted by Gasteiger charge is -2.42. The number of rotatable bonds is 2. The van der Waals surface area contributed by atoms with E-state index in [0.717, 1.165) is 19.4 Å². The normalized spacial score (nSPS) is 32.7. The molecule has 1 fully saturated rings. The van der Waals surface area contributed by atoms with Gasteiger partial charge in [0.25, 0.3) is 0 Å². The van der Waals surface area contributed by atoms with Gasteiger partial charge in [-0.25, -0.2) is 4.79 Å². The number of piperidine rings is 1. The Hall–Kier alpha value is -1.58. The van der Waals surface area contributed by atoms with Crippen molar-refractivity contribution in [1.82, 2.24) is 4.90 Å². The van der Waals surface area contributed by atoms with E-state index in [4.69, 9.17) is 4.74 Å². The maximum Gasteiger partial charge on any atom is 0.336 e. The lowest BCUT2D eigenvalue weighted by molar-refractivity contribution is -0.142. The van der Waals surface area contributed by atoms with Gasteiger partial charge in [-0.05, 0) is 26.2 Å². The van der Waals surface area contributed by atoms with Gasteiger partial charge in [0.1, 0.15) is 0 Å². The molecule has 0 aromatic carbocycles. The van der Waals surface area contributed by atoms with Crippen molar-refractivity contribution in [3.8, 4) is 0 Å². The van der Waals surface area contributed by atoms with Crippen LogP contribution in [0.4, 0.5) is 0 Å². The molecule has 2 heterocycles. The molecule has 0 unspecified atom stereocenters. The molecule has 0 amide bonds. The van der Waals surface area contributed by atoms with E-state index in [1.54, 1.807) is 6.92 Å². The third kappa shape index (κ3) is 1.99. The number of hydrogen-bond donors (Lipinski definition) is 0. The molecule has 0 aromatic heterocycles. The molecular weight excluding hydrogens is 242 g/mol. The quantitative estimate of drug-likeness (QED) is 0.560. The van der Waals surface area contributed by atoms with Crippen LogP contribution in [0.3, 0.4) is 0 Å². The highest BCUT2D eigenvalue weighted by Crippen LogP contribution is 2.38. The molecule has 0 spiro atoms. The number of Topliss-reactive ketones (excluding diaryl/α,β-unsaturated/α-hetero) is 1. The summed E-state index contributed by atoms with van der Waals surface area (Å²) in [5.41, 5.74) is 0.537. The lowest BCUT2D eigenvalue weighted by Crippen LogP contribution is -2.52. The minimum atomic E-state index is -0.336. The molecule has 0 aromatic rings. The molecule has 1 saturated heterocycles. The van der Waals surface area contributed by atoms with Crippen LogP contribution in [0.5, 0.6) is 0 Å². The Morgan fingerprint density at radius 3 is 3.16 bits per heavy atom. The molecule has 2 bridgehead atoms. The van der Waals surface area contributed by atoms with Crippen LogP contribution >= 0.6 is 0 Å². The van der Waals surface area contributed by atoms with Gasteiger partial charge < -0.3 is 9.64 Å². The minimum Gasteiger partial charge on any atom is -0.463 e. The Morgan fingerprint density at radius 2 is 2.37 bits per heavy atom. The van der Waals surface area contributed by atoms with Crippen LogP contribution in [0.25, 0.3) is 0 Å². The zero-order valence-corrected chi connectivity index (χ0v) is 11.2. The van der Waals surface area contributed by atoms with Gasteiger partial charge >= 0.3 is 5.97 Å². The van der Waals surface area contributed by atoms with Crippen molar-refractivity contribution in [3.63, 3.8) is 0 Å². The number of nitrogens with zero attached hydrogens (tertiary/aromatic N) is 1. The average Bonchev–Trinajstić information content (AvgIpc) is 2.54. The third-order valence-electron chi connectivity index (χ3n) is 4.30. The second-order valence-electron chi connectivity index (χ2n) is 5.41. The Bertz CT molecular complexity index is 466.